The maximum absolute atomic E-state index is 13.8. The molecule has 158 valence electrons. The topological polar surface area (TPSA) is 52.6 Å². The first-order chi connectivity index (χ1) is 14.3. The highest BCUT2D eigenvalue weighted by atomic mass is 19.1. The van der Waals surface area contributed by atoms with Crippen molar-refractivity contribution in [1.29, 1.82) is 0 Å². The van der Waals surface area contributed by atoms with Gasteiger partial charge >= 0.3 is 0 Å². The number of rotatable bonds is 2. The minimum atomic E-state index is -0.605. The van der Waals surface area contributed by atoms with Crippen LogP contribution in [-0.4, -0.2) is 52.1 Å². The van der Waals surface area contributed by atoms with Gasteiger partial charge in [0.15, 0.2) is 0 Å². The van der Waals surface area contributed by atoms with Gasteiger partial charge in [-0.15, -0.1) is 0 Å². The van der Waals surface area contributed by atoms with Crippen LogP contribution >= 0.6 is 0 Å². The Hall–Kier alpha value is -2.61. The summed E-state index contributed by atoms with van der Waals surface area (Å²) in [5.41, 5.74) is 1.96. The molecule has 1 aromatic carbocycles. The van der Waals surface area contributed by atoms with Crippen LogP contribution in [-0.2, 0) is 4.79 Å². The van der Waals surface area contributed by atoms with Crippen molar-refractivity contribution in [2.45, 2.75) is 39.2 Å². The number of carbonyl (C=O) groups excluding carboxylic acids is 1. The van der Waals surface area contributed by atoms with E-state index in [0.717, 1.165) is 55.9 Å². The number of piperidine rings is 1. The zero-order valence-electron chi connectivity index (χ0n) is 17.2. The van der Waals surface area contributed by atoms with Gasteiger partial charge in [0.1, 0.15) is 11.6 Å². The number of fused-ring (bicyclic) bond motifs is 1. The fourth-order valence-corrected chi connectivity index (χ4v) is 5.21. The number of aromatic nitrogens is 2. The van der Waals surface area contributed by atoms with E-state index in [1.165, 1.54) is 12.1 Å². The third kappa shape index (κ3) is 3.14. The Morgan fingerprint density at radius 3 is 2.23 bits per heavy atom. The summed E-state index contributed by atoms with van der Waals surface area (Å²) in [6.07, 6.45) is 2.13. The molecule has 6 nitrogen and oxygen atoms in total. The quantitative estimate of drug-likeness (QED) is 0.757. The first-order valence-electron chi connectivity index (χ1n) is 10.5. The molecule has 1 spiro atoms. The normalized spacial score (nSPS) is 23.5. The van der Waals surface area contributed by atoms with Crippen molar-refractivity contribution < 1.29 is 13.6 Å². The Morgan fingerprint density at radius 1 is 0.967 bits per heavy atom. The van der Waals surface area contributed by atoms with Crippen LogP contribution < -0.4 is 4.90 Å². The van der Waals surface area contributed by atoms with E-state index in [-0.39, 0.29) is 11.9 Å². The third-order valence-corrected chi connectivity index (χ3v) is 6.65. The second-order valence-corrected chi connectivity index (χ2v) is 8.76. The second-order valence-electron chi connectivity index (χ2n) is 8.76. The lowest BCUT2D eigenvalue weighted by molar-refractivity contribution is -0.143. The molecule has 1 aromatic heterocycles. The van der Waals surface area contributed by atoms with Crippen LogP contribution in [0.15, 0.2) is 24.3 Å². The number of hydrazine groups is 1. The Balaban J connectivity index is 1.35. The van der Waals surface area contributed by atoms with Gasteiger partial charge in [0.05, 0.1) is 11.5 Å². The molecule has 8 heteroatoms. The average molecular weight is 413 g/mol. The van der Waals surface area contributed by atoms with Gasteiger partial charge in [0.25, 0.3) is 0 Å². The highest BCUT2D eigenvalue weighted by molar-refractivity contribution is 5.85. The standard InChI is InChI=1S/C22H25F2N5O/c1-14-9-15(2)26-21(25-14)27-7-4-22(5-8-27)13-28-6-3-19(29(28)20(22)30)16-10-17(23)12-18(24)11-16/h9-12,19H,3-8,13H2,1-2H3/t19-/m0/s1. The van der Waals surface area contributed by atoms with Crippen LogP contribution in [0, 0.1) is 30.9 Å². The van der Waals surface area contributed by atoms with E-state index in [0.29, 0.717) is 18.5 Å². The fraction of sp³-hybridized carbons (Fsp3) is 0.500. The highest BCUT2D eigenvalue weighted by Crippen LogP contribution is 2.47. The predicted molar refractivity (Wildman–Crippen MR) is 108 cm³/mol. The number of aryl methyl sites for hydroxylation is 2. The molecule has 4 heterocycles. The number of hydrogen-bond donors (Lipinski definition) is 0. The number of hydrogen-bond acceptors (Lipinski definition) is 5. The van der Waals surface area contributed by atoms with E-state index >= 15 is 0 Å². The zero-order valence-corrected chi connectivity index (χ0v) is 17.2. The minimum Gasteiger partial charge on any atom is -0.341 e. The molecular weight excluding hydrogens is 388 g/mol. The van der Waals surface area contributed by atoms with Crippen LogP contribution in [0.25, 0.3) is 0 Å². The molecule has 0 saturated carbocycles. The Kier molecular flexibility index (Phi) is 4.50. The van der Waals surface area contributed by atoms with Crippen LogP contribution in [0.2, 0.25) is 0 Å². The fourth-order valence-electron chi connectivity index (χ4n) is 5.21. The SMILES string of the molecule is Cc1cc(C)nc(N2CCC3(CC2)CN2CC[C@@H](c4cc(F)cc(F)c4)N2C3=O)n1. The average Bonchev–Trinajstić information content (AvgIpc) is 3.19. The molecule has 0 N–H and O–H groups in total. The number of benzene rings is 1. The number of halogens is 2. The van der Waals surface area contributed by atoms with Crippen LogP contribution in [0.5, 0.6) is 0 Å². The summed E-state index contributed by atoms with van der Waals surface area (Å²) in [7, 11) is 0. The molecule has 0 radical (unpaired) electrons. The Morgan fingerprint density at radius 2 is 1.60 bits per heavy atom. The van der Waals surface area contributed by atoms with Crippen molar-refractivity contribution in [1.82, 2.24) is 20.0 Å². The van der Waals surface area contributed by atoms with Crippen LogP contribution in [0.4, 0.5) is 14.7 Å². The lowest BCUT2D eigenvalue weighted by Gasteiger charge is -2.38. The summed E-state index contributed by atoms with van der Waals surface area (Å²) in [5.74, 6) is -0.407. The minimum absolute atomic E-state index is 0.0793. The molecule has 0 aliphatic carbocycles. The number of carbonyl (C=O) groups is 1. The smallest absolute Gasteiger partial charge is 0.245 e. The van der Waals surface area contributed by atoms with Crippen molar-refractivity contribution in [2.24, 2.45) is 5.41 Å². The van der Waals surface area contributed by atoms with Gasteiger partial charge in [-0.3, -0.25) is 9.80 Å². The molecule has 3 fully saturated rings. The van der Waals surface area contributed by atoms with Gasteiger partial charge in [0.2, 0.25) is 11.9 Å². The first-order valence-corrected chi connectivity index (χ1v) is 10.5. The first kappa shape index (κ1) is 19.4. The van der Waals surface area contributed by atoms with E-state index in [4.69, 9.17) is 0 Å². The molecule has 3 saturated heterocycles. The molecule has 3 aliphatic heterocycles. The maximum atomic E-state index is 13.8. The summed E-state index contributed by atoms with van der Waals surface area (Å²) < 4.78 is 27.5. The van der Waals surface area contributed by atoms with Gasteiger partial charge < -0.3 is 4.90 Å². The van der Waals surface area contributed by atoms with E-state index < -0.39 is 17.0 Å². The highest BCUT2D eigenvalue weighted by Gasteiger charge is 2.56. The van der Waals surface area contributed by atoms with Gasteiger partial charge in [0, 0.05) is 43.6 Å². The maximum Gasteiger partial charge on any atom is 0.245 e. The summed E-state index contributed by atoms with van der Waals surface area (Å²) >= 11 is 0. The number of anilines is 1. The van der Waals surface area contributed by atoms with E-state index in [9.17, 15) is 13.6 Å². The lowest BCUT2D eigenvalue weighted by atomic mass is 9.78. The predicted octanol–water partition coefficient (Wildman–Crippen LogP) is 3.16. The van der Waals surface area contributed by atoms with Crippen molar-refractivity contribution in [3.8, 4) is 0 Å². The number of amides is 1. The van der Waals surface area contributed by atoms with Crippen molar-refractivity contribution in [2.75, 3.05) is 31.1 Å². The van der Waals surface area contributed by atoms with Crippen molar-refractivity contribution in [3.05, 3.63) is 52.9 Å². The van der Waals surface area contributed by atoms with Crippen molar-refractivity contribution >= 4 is 11.9 Å². The molecule has 3 aliphatic rings. The molecule has 2 aromatic rings. The van der Waals surface area contributed by atoms with Crippen molar-refractivity contribution in [3.63, 3.8) is 0 Å². The monoisotopic (exact) mass is 413 g/mol. The van der Waals surface area contributed by atoms with Gasteiger partial charge in [-0.2, -0.15) is 0 Å². The van der Waals surface area contributed by atoms with Gasteiger partial charge in [-0.1, -0.05) is 0 Å². The molecule has 1 atom stereocenters. The summed E-state index contributed by atoms with van der Waals surface area (Å²) in [6, 6.07) is 5.20. The molecule has 1 amide bonds. The Bertz CT molecular complexity index is 965. The van der Waals surface area contributed by atoms with Gasteiger partial charge in [-0.25, -0.2) is 23.8 Å². The molecule has 0 unspecified atom stereocenters. The summed E-state index contributed by atoms with van der Waals surface area (Å²) in [4.78, 5) is 24.8. The van der Waals surface area contributed by atoms with E-state index in [1.807, 2.05) is 19.9 Å². The summed E-state index contributed by atoms with van der Waals surface area (Å²) in [6.45, 7) is 6.75. The molecule has 0 bridgehead atoms. The molecule has 30 heavy (non-hydrogen) atoms. The Labute approximate surface area is 174 Å². The van der Waals surface area contributed by atoms with Crippen LogP contribution in [0.1, 0.15) is 42.3 Å². The third-order valence-electron chi connectivity index (χ3n) is 6.65. The van der Waals surface area contributed by atoms with Crippen LogP contribution in [0.3, 0.4) is 0 Å². The number of nitrogens with zero attached hydrogens (tertiary/aromatic N) is 5. The van der Waals surface area contributed by atoms with Gasteiger partial charge in [-0.05, 0) is 56.9 Å². The largest absolute Gasteiger partial charge is 0.341 e. The lowest BCUT2D eigenvalue weighted by Crippen LogP contribution is -2.46. The molecular formula is C22H25F2N5O. The molecule has 5 rings (SSSR count). The summed E-state index contributed by atoms with van der Waals surface area (Å²) in [5, 5.41) is 3.83. The van der Waals surface area contributed by atoms with E-state index in [1.54, 1.807) is 5.01 Å². The second kappa shape index (κ2) is 6.97. The zero-order chi connectivity index (χ0) is 21.0. The van der Waals surface area contributed by atoms with E-state index in [2.05, 4.69) is 19.9 Å².